The summed E-state index contributed by atoms with van der Waals surface area (Å²) in [6.07, 6.45) is -1.72. The van der Waals surface area contributed by atoms with Crippen molar-refractivity contribution in [1.29, 1.82) is 5.41 Å². The van der Waals surface area contributed by atoms with Crippen LogP contribution in [0.15, 0.2) is 115 Å². The highest BCUT2D eigenvalue weighted by Gasteiger charge is 2.34. The van der Waals surface area contributed by atoms with Crippen LogP contribution < -0.4 is 22.5 Å². The van der Waals surface area contributed by atoms with E-state index in [4.69, 9.17) is 32.4 Å². The van der Waals surface area contributed by atoms with Crippen LogP contribution in [0.2, 0.25) is 0 Å². The van der Waals surface area contributed by atoms with Crippen LogP contribution in [0.4, 0.5) is 85.5 Å². The Morgan fingerprint density at radius 2 is 0.859 bits per heavy atom. The molecule has 410 valence electrons. The van der Waals surface area contributed by atoms with Gasteiger partial charge in [0.2, 0.25) is 5.95 Å². The number of aromatic nitrogens is 7. The second-order valence-electron chi connectivity index (χ2n) is 19.4. The van der Waals surface area contributed by atoms with Gasteiger partial charge in [-0.25, -0.2) is 0 Å². The number of nitrogens with one attached hydrogen (secondary N) is 2. The van der Waals surface area contributed by atoms with E-state index >= 15 is 0 Å². The molecule has 0 aliphatic heterocycles. The molecule has 3 saturated carbocycles. The summed E-state index contributed by atoms with van der Waals surface area (Å²) < 4.78 is 123. The van der Waals surface area contributed by atoms with Crippen molar-refractivity contribution in [3.05, 3.63) is 112 Å². The molecule has 0 radical (unpaired) electrons. The highest BCUT2D eigenvalue weighted by atomic mass is 19.4. The minimum Gasteiger partial charge on any atom is -0.383 e. The fraction of sp³-hybridized carbons (Fsp3) is 0.412. The van der Waals surface area contributed by atoms with Gasteiger partial charge in [0, 0.05) is 17.8 Å². The maximum absolute atomic E-state index is 13.4. The van der Waals surface area contributed by atoms with E-state index in [0.717, 1.165) is 106 Å². The minimum absolute atomic E-state index is 0.00199. The van der Waals surface area contributed by atoms with E-state index < -0.39 is 35.2 Å². The largest absolute Gasteiger partial charge is 0.416 e. The molecule has 3 aromatic heterocycles. The Morgan fingerprint density at radius 1 is 0.500 bits per heavy atom. The quantitative estimate of drug-likeness (QED) is 0.0394. The maximum Gasteiger partial charge on any atom is 0.416 e. The molecule has 3 heterocycles. The van der Waals surface area contributed by atoms with Gasteiger partial charge in [-0.2, -0.15) is 89.4 Å². The van der Waals surface area contributed by atoms with Crippen LogP contribution in [0, 0.1) is 11.3 Å². The first-order valence-corrected chi connectivity index (χ1v) is 25.4. The van der Waals surface area contributed by atoms with Crippen molar-refractivity contribution in [2.45, 2.75) is 127 Å². The number of azo groups is 3. The first kappa shape index (κ1) is 54.7. The zero-order valence-electron chi connectivity index (χ0n) is 41.7. The van der Waals surface area contributed by atoms with Crippen molar-refractivity contribution in [2.24, 2.45) is 42.3 Å². The van der Waals surface area contributed by atoms with Crippen LogP contribution in [0.5, 0.6) is 0 Å². The van der Waals surface area contributed by atoms with Crippen molar-refractivity contribution in [3.8, 4) is 11.9 Å². The molecule has 0 saturated heterocycles. The monoisotopic (exact) mass is 1090 g/mol. The number of nitrogens with zero attached hydrogens (tertiary/aromatic N) is 13. The van der Waals surface area contributed by atoms with Crippen LogP contribution in [0.1, 0.15) is 136 Å². The van der Waals surface area contributed by atoms with Gasteiger partial charge in [-0.05, 0) is 111 Å². The summed E-state index contributed by atoms with van der Waals surface area (Å²) >= 11 is 0. The van der Waals surface area contributed by atoms with E-state index in [1.165, 1.54) is 33.6 Å². The molecule has 3 fully saturated rings. The molecule has 3 aliphatic carbocycles. The lowest BCUT2D eigenvalue weighted by molar-refractivity contribution is -0.138. The lowest BCUT2D eigenvalue weighted by Crippen LogP contribution is -2.24. The Morgan fingerprint density at radius 3 is 1.23 bits per heavy atom. The molecule has 3 aromatic carbocycles. The second-order valence-corrected chi connectivity index (χ2v) is 19.4. The van der Waals surface area contributed by atoms with E-state index in [-0.39, 0.29) is 92.9 Å². The number of alkyl halides is 9. The summed E-state index contributed by atoms with van der Waals surface area (Å²) in [5.74, 6) is -1.99. The molecule has 0 amide bonds. The molecule has 0 bridgehead atoms. The van der Waals surface area contributed by atoms with E-state index in [2.05, 4.69) is 46.0 Å². The van der Waals surface area contributed by atoms with Crippen molar-refractivity contribution in [1.82, 2.24) is 34.5 Å². The molecule has 78 heavy (non-hydrogen) atoms. The predicted octanol–water partition coefficient (Wildman–Crippen LogP) is 15.3. The molecule has 27 heteroatoms. The van der Waals surface area contributed by atoms with E-state index in [0.29, 0.717) is 49.9 Å². The zero-order chi connectivity index (χ0) is 55.4. The summed E-state index contributed by atoms with van der Waals surface area (Å²) in [6.45, 7) is 0. The number of nitrogen functional groups attached to an aromatic ring is 2. The first-order chi connectivity index (χ1) is 37.2. The Labute approximate surface area is 440 Å². The van der Waals surface area contributed by atoms with Crippen molar-refractivity contribution in [3.63, 3.8) is 0 Å². The summed E-state index contributed by atoms with van der Waals surface area (Å²) in [5.41, 5.74) is 19.1. The molecule has 0 unspecified atom stereocenters. The van der Waals surface area contributed by atoms with Crippen LogP contribution in [0.25, 0.3) is 11.9 Å². The highest BCUT2D eigenvalue weighted by Crippen LogP contribution is 2.44. The third kappa shape index (κ3) is 12.7. The minimum atomic E-state index is -4.60. The highest BCUT2D eigenvalue weighted by molar-refractivity contribution is 6.00. The molecule has 8 N–H and O–H groups in total. The van der Waals surface area contributed by atoms with Gasteiger partial charge in [0.15, 0.2) is 23.0 Å². The van der Waals surface area contributed by atoms with Crippen LogP contribution >= 0.6 is 0 Å². The molecule has 6 aromatic rings. The van der Waals surface area contributed by atoms with Crippen LogP contribution in [0.3, 0.4) is 0 Å². The number of nitrogens with two attached hydrogens (primary N) is 3. The van der Waals surface area contributed by atoms with Gasteiger partial charge in [-0.3, -0.25) is 0 Å². The van der Waals surface area contributed by atoms with Gasteiger partial charge in [0.25, 0.3) is 11.9 Å². The molecular weight excluding hydrogens is 1040 g/mol. The predicted molar refractivity (Wildman–Crippen MR) is 271 cm³/mol. The molecule has 18 nitrogen and oxygen atoms in total. The smallest absolute Gasteiger partial charge is 0.383 e. The second kappa shape index (κ2) is 22.8. The summed E-state index contributed by atoms with van der Waals surface area (Å²) in [7, 11) is 0. The Bertz CT molecular complexity index is 3060. The van der Waals surface area contributed by atoms with Gasteiger partial charge < -0.3 is 27.9 Å². The first-order valence-electron chi connectivity index (χ1n) is 25.4. The number of halogens is 9. The van der Waals surface area contributed by atoms with Crippen LogP contribution in [-0.4, -0.2) is 40.2 Å². The summed E-state index contributed by atoms with van der Waals surface area (Å²) in [4.78, 5) is 14.1. The van der Waals surface area contributed by atoms with Crippen molar-refractivity contribution < 1.29 is 39.5 Å². The van der Waals surface area contributed by atoms with Gasteiger partial charge in [0.1, 0.15) is 11.5 Å². The Balaban J connectivity index is 1.19. The number of hydrogen-bond donors (Lipinski definition) is 5. The van der Waals surface area contributed by atoms with Gasteiger partial charge in [0.05, 0.1) is 50.9 Å². The molecule has 0 atom stereocenters. The fourth-order valence-electron chi connectivity index (χ4n) is 9.78. The van der Waals surface area contributed by atoms with E-state index in [1.54, 1.807) is 0 Å². The number of anilines is 3. The Kier molecular flexibility index (Phi) is 16.0. The third-order valence-corrected chi connectivity index (χ3v) is 14.0. The number of benzene rings is 3. The Hall–Kier alpha value is -8.13. The zero-order valence-corrected chi connectivity index (χ0v) is 41.7. The van der Waals surface area contributed by atoms with E-state index in [1.807, 2.05) is 0 Å². The van der Waals surface area contributed by atoms with Crippen LogP contribution in [-0.2, 0) is 18.5 Å². The molecular formula is C51H53F9N18. The number of hydrogen-bond acceptors (Lipinski definition) is 16. The molecule has 0 spiro atoms. The third-order valence-electron chi connectivity index (χ3n) is 14.0. The standard InChI is InChI=1S/C51H53F9N18/c52-49(53,54)31-16-22-34(23-17-31)69-72-40(37(61)28-10-4-1-5-11-28)43(62)65-46-66-47(77-44(63)41(38(75-77)29-12-6-2-7-13-29)73-70-35-24-18-32(19-25-35)50(55,56)57)68-48(67-46)78-45(64)42(39(76-78)30-14-8-3-9-15-30)74-71-36-26-20-33(21-27-36)51(58,59)60/h16-30,61H,1-15,62-64H2,(H,65,66,67,68)/b43-40+,61-37?,72-69?,73-70?,74-71?. The van der Waals surface area contributed by atoms with E-state index in [9.17, 15) is 44.9 Å². The average molecular weight is 1090 g/mol. The molecule has 9 rings (SSSR count). The lowest BCUT2D eigenvalue weighted by Gasteiger charge is -2.23. The SMILES string of the molecule is N=C(/C(N=Nc1ccc(C(F)(F)F)cc1)=C(/N)Nc1nc(-n2nc(C3CCCCC3)c(N=Nc3ccc(C(F)(F)F)cc3)c2N)nc(-n2nc(C3CCCCC3)c(N=Nc3ccc(C(F)(F)F)cc3)c2N)n1)C1CCCCC1. The average Bonchev–Trinajstić information content (AvgIpc) is 4.00. The summed E-state index contributed by atoms with van der Waals surface area (Å²) in [5, 5.41) is 47.9. The van der Waals surface area contributed by atoms with Gasteiger partial charge in [-0.1, -0.05) is 57.8 Å². The maximum atomic E-state index is 13.4. The normalized spacial score (nSPS) is 17.1. The lowest BCUT2D eigenvalue weighted by atomic mass is 9.85. The summed E-state index contributed by atoms with van der Waals surface area (Å²) in [6, 6.07) is 12.1. The number of allylic oxidation sites excluding steroid dienone is 1. The van der Waals surface area contributed by atoms with Crippen molar-refractivity contribution in [2.75, 3.05) is 16.8 Å². The van der Waals surface area contributed by atoms with Crippen molar-refractivity contribution >= 4 is 51.7 Å². The van der Waals surface area contributed by atoms with Gasteiger partial charge in [-0.15, -0.1) is 15.3 Å². The number of rotatable bonds is 14. The van der Waals surface area contributed by atoms with Gasteiger partial charge >= 0.3 is 18.5 Å². The molecule has 3 aliphatic rings. The fourth-order valence-corrected chi connectivity index (χ4v) is 9.78. The topological polar surface area (TPSA) is 262 Å².